The first-order valence-electron chi connectivity index (χ1n) is 14.1. The predicted molar refractivity (Wildman–Crippen MR) is 137 cm³/mol. The second kappa shape index (κ2) is 8.90. The normalized spacial score (nSPS) is 44.5. The molecule has 0 amide bonds. The third-order valence-corrected chi connectivity index (χ3v) is 11.7. The van der Waals surface area contributed by atoms with E-state index in [0.29, 0.717) is 28.1 Å². The minimum atomic E-state index is -0.0903. The Morgan fingerprint density at radius 1 is 1.09 bits per heavy atom. The second-order valence-corrected chi connectivity index (χ2v) is 13.5. The van der Waals surface area contributed by atoms with Crippen molar-refractivity contribution in [2.45, 2.75) is 119 Å². The average molecular weight is 441 g/mol. The first-order chi connectivity index (χ1) is 15.0. The van der Waals surface area contributed by atoms with Crippen molar-refractivity contribution in [2.24, 2.45) is 51.8 Å². The van der Waals surface area contributed by atoms with Crippen LogP contribution in [0.1, 0.15) is 113 Å². The maximum atomic E-state index is 10.3. The van der Waals surface area contributed by atoms with Crippen LogP contribution in [-0.4, -0.2) is 11.2 Å². The van der Waals surface area contributed by atoms with E-state index in [1.165, 1.54) is 51.4 Å². The van der Waals surface area contributed by atoms with Gasteiger partial charge in [0, 0.05) is 0 Å². The number of rotatable bonds is 6. The summed E-state index contributed by atoms with van der Waals surface area (Å²) in [6.07, 6.45) is 20.4. The molecular formula is C31H52O. The van der Waals surface area contributed by atoms with Gasteiger partial charge in [-0.25, -0.2) is 0 Å². The Morgan fingerprint density at radius 2 is 1.84 bits per heavy atom. The largest absolute Gasteiger partial charge is 0.393 e. The van der Waals surface area contributed by atoms with Crippen molar-refractivity contribution in [3.8, 4) is 0 Å². The number of hydrogen-bond acceptors (Lipinski definition) is 1. The summed E-state index contributed by atoms with van der Waals surface area (Å²) in [5.41, 5.74) is 2.83. The van der Waals surface area contributed by atoms with Crippen molar-refractivity contribution in [2.75, 3.05) is 0 Å². The van der Waals surface area contributed by atoms with E-state index in [4.69, 9.17) is 0 Å². The Morgan fingerprint density at radius 3 is 2.53 bits per heavy atom. The minimum absolute atomic E-state index is 0.0903. The van der Waals surface area contributed by atoms with Crippen LogP contribution >= 0.6 is 0 Å². The Bertz CT molecular complexity index is 733. The highest BCUT2D eigenvalue weighted by Crippen LogP contribution is 2.67. The zero-order valence-electron chi connectivity index (χ0n) is 22.3. The van der Waals surface area contributed by atoms with Crippen LogP contribution in [0.4, 0.5) is 0 Å². The lowest BCUT2D eigenvalue weighted by Crippen LogP contribution is -2.50. The monoisotopic (exact) mass is 440 g/mol. The van der Waals surface area contributed by atoms with E-state index >= 15 is 0 Å². The van der Waals surface area contributed by atoms with Crippen molar-refractivity contribution in [3.63, 3.8) is 0 Å². The predicted octanol–water partition coefficient (Wildman–Crippen LogP) is 8.58. The van der Waals surface area contributed by atoms with Gasteiger partial charge in [0.05, 0.1) is 6.10 Å². The molecule has 0 bridgehead atoms. The van der Waals surface area contributed by atoms with Gasteiger partial charge in [0.15, 0.2) is 0 Å². The molecule has 0 saturated heterocycles. The summed E-state index contributed by atoms with van der Waals surface area (Å²) in [4.78, 5) is 0. The first kappa shape index (κ1) is 24.6. The van der Waals surface area contributed by atoms with Crippen molar-refractivity contribution in [1.29, 1.82) is 0 Å². The lowest BCUT2D eigenvalue weighted by Gasteiger charge is -2.58. The molecule has 1 unspecified atom stereocenters. The molecule has 1 heteroatoms. The van der Waals surface area contributed by atoms with E-state index in [2.05, 4.69) is 66.7 Å². The highest BCUT2D eigenvalue weighted by molar-refractivity contribution is 5.25. The van der Waals surface area contributed by atoms with Gasteiger partial charge in [0.2, 0.25) is 0 Å². The number of aliphatic hydroxyl groups is 1. The maximum Gasteiger partial charge on any atom is 0.0577 e. The van der Waals surface area contributed by atoms with Gasteiger partial charge in [-0.1, -0.05) is 78.7 Å². The molecule has 0 spiro atoms. The van der Waals surface area contributed by atoms with Crippen LogP contribution in [0.15, 0.2) is 23.8 Å². The number of allylic oxidation sites excluding steroid dienone is 3. The number of aliphatic hydroxyl groups excluding tert-OH is 1. The molecule has 0 aliphatic heterocycles. The Kier molecular flexibility index (Phi) is 6.83. The summed E-state index contributed by atoms with van der Waals surface area (Å²) < 4.78 is 0. The molecule has 32 heavy (non-hydrogen) atoms. The van der Waals surface area contributed by atoms with Gasteiger partial charge >= 0.3 is 0 Å². The fourth-order valence-electron chi connectivity index (χ4n) is 9.15. The van der Waals surface area contributed by atoms with E-state index in [9.17, 15) is 5.11 Å². The van der Waals surface area contributed by atoms with Gasteiger partial charge in [-0.3, -0.25) is 0 Å². The Labute approximate surface area is 199 Å². The van der Waals surface area contributed by atoms with Gasteiger partial charge in [0.25, 0.3) is 0 Å². The van der Waals surface area contributed by atoms with E-state index in [1.807, 2.05) is 0 Å². The summed E-state index contributed by atoms with van der Waals surface area (Å²) >= 11 is 0. The summed E-state index contributed by atoms with van der Waals surface area (Å²) in [6, 6.07) is 0. The molecule has 4 aliphatic carbocycles. The maximum absolute atomic E-state index is 10.3. The van der Waals surface area contributed by atoms with Crippen LogP contribution in [0, 0.1) is 51.8 Å². The van der Waals surface area contributed by atoms with Crippen LogP contribution in [0.25, 0.3) is 0 Å². The average Bonchev–Trinajstić information content (AvgIpc) is 3.10. The van der Waals surface area contributed by atoms with E-state index in [0.717, 1.165) is 36.5 Å². The number of hydrogen-bond donors (Lipinski definition) is 1. The zero-order valence-corrected chi connectivity index (χ0v) is 22.3. The van der Waals surface area contributed by atoms with Crippen LogP contribution in [-0.2, 0) is 0 Å². The quantitative estimate of drug-likeness (QED) is 0.410. The van der Waals surface area contributed by atoms with Gasteiger partial charge in [-0.15, -0.1) is 0 Å². The highest BCUT2D eigenvalue weighted by atomic mass is 16.3. The molecule has 9 atom stereocenters. The smallest absolute Gasteiger partial charge is 0.0577 e. The topological polar surface area (TPSA) is 20.2 Å². The molecule has 0 aromatic heterocycles. The molecule has 0 aromatic carbocycles. The van der Waals surface area contributed by atoms with Gasteiger partial charge in [-0.2, -0.15) is 0 Å². The molecule has 1 nitrogen and oxygen atoms in total. The minimum Gasteiger partial charge on any atom is -0.393 e. The highest BCUT2D eigenvalue weighted by Gasteiger charge is 2.59. The summed E-state index contributed by atoms with van der Waals surface area (Å²) in [5, 5.41) is 10.3. The molecule has 0 radical (unpaired) electrons. The van der Waals surface area contributed by atoms with Crippen LogP contribution in [0.2, 0.25) is 0 Å². The standard InChI is InChI=1S/C31H52O/c1-8-16-29(5,21(2)3)17-13-22(4)26-11-12-27-25-10-9-23-20-24(32)14-18-30(23,6)28(25)15-19-31(26,27)7/h9,13,17,21-22,24-28,32H,8,10-12,14-16,18-20H2,1-7H3/b17-13+/t22-,24+,25+,26-,27+,28+,29?,30+,31-/m1/s1. The van der Waals surface area contributed by atoms with Gasteiger partial charge in [-0.05, 0) is 110 Å². The number of fused-ring (bicyclic) bond motifs is 5. The third-order valence-electron chi connectivity index (χ3n) is 11.7. The molecule has 0 aromatic rings. The van der Waals surface area contributed by atoms with Crippen LogP contribution < -0.4 is 0 Å². The van der Waals surface area contributed by atoms with E-state index in [1.54, 1.807) is 5.57 Å². The molecule has 0 heterocycles. The van der Waals surface area contributed by atoms with Crippen molar-refractivity contribution in [1.82, 2.24) is 0 Å². The Hall–Kier alpha value is -0.560. The van der Waals surface area contributed by atoms with E-state index in [-0.39, 0.29) is 6.10 Å². The zero-order chi connectivity index (χ0) is 23.3. The lowest BCUT2D eigenvalue weighted by atomic mass is 9.47. The van der Waals surface area contributed by atoms with Crippen LogP contribution in [0.3, 0.4) is 0 Å². The fourth-order valence-corrected chi connectivity index (χ4v) is 9.15. The summed E-state index contributed by atoms with van der Waals surface area (Å²) in [5.74, 6) is 4.86. The fraction of sp³-hybridized carbons (Fsp3) is 0.871. The van der Waals surface area contributed by atoms with Crippen molar-refractivity contribution < 1.29 is 5.11 Å². The molecule has 1 N–H and O–H groups in total. The van der Waals surface area contributed by atoms with Crippen molar-refractivity contribution in [3.05, 3.63) is 23.8 Å². The molecular weight excluding hydrogens is 388 g/mol. The molecule has 3 fully saturated rings. The van der Waals surface area contributed by atoms with Gasteiger partial charge < -0.3 is 5.11 Å². The molecule has 182 valence electrons. The molecule has 4 rings (SSSR count). The molecule has 3 saturated carbocycles. The van der Waals surface area contributed by atoms with Crippen LogP contribution in [0.5, 0.6) is 0 Å². The lowest BCUT2D eigenvalue weighted by molar-refractivity contribution is -0.0541. The Balaban J connectivity index is 1.52. The van der Waals surface area contributed by atoms with E-state index < -0.39 is 0 Å². The van der Waals surface area contributed by atoms with Crippen molar-refractivity contribution >= 4 is 0 Å². The SMILES string of the molecule is CCCC(C)(/C=C/[C@@H](C)[C@H]1CC[C@H]2[C@@H]3CC=C4C[C@@H](O)CC[C@]4(C)[C@H]3CC[C@]12C)C(C)C. The second-order valence-electron chi connectivity index (χ2n) is 13.5. The summed E-state index contributed by atoms with van der Waals surface area (Å²) in [6.45, 7) is 17.4. The summed E-state index contributed by atoms with van der Waals surface area (Å²) in [7, 11) is 0. The third kappa shape index (κ3) is 3.97. The first-order valence-corrected chi connectivity index (χ1v) is 14.1. The molecule has 4 aliphatic rings. The van der Waals surface area contributed by atoms with Gasteiger partial charge in [0.1, 0.15) is 0 Å².